The molecule has 136 valence electrons. The van der Waals surface area contributed by atoms with E-state index < -0.39 is 0 Å². The minimum atomic E-state index is 0.469. The van der Waals surface area contributed by atoms with Crippen molar-refractivity contribution in [2.75, 3.05) is 19.5 Å². The number of rotatable bonds is 5. The highest BCUT2D eigenvalue weighted by molar-refractivity contribution is 7.80. The Bertz CT molecular complexity index is 636. The fourth-order valence-corrected chi connectivity index (χ4v) is 4.82. The van der Waals surface area contributed by atoms with Crippen molar-refractivity contribution in [3.05, 3.63) is 18.2 Å². The van der Waals surface area contributed by atoms with Crippen molar-refractivity contribution in [2.45, 2.75) is 62.7 Å². The molecule has 1 saturated carbocycles. The van der Waals surface area contributed by atoms with Crippen LogP contribution in [0, 0.1) is 0 Å². The molecule has 6 heteroatoms. The summed E-state index contributed by atoms with van der Waals surface area (Å²) < 4.78 is 10.7. The Kier molecular flexibility index (Phi) is 4.73. The van der Waals surface area contributed by atoms with Gasteiger partial charge in [0, 0.05) is 30.2 Å². The van der Waals surface area contributed by atoms with E-state index in [1.165, 1.54) is 38.5 Å². The van der Waals surface area contributed by atoms with Gasteiger partial charge in [0.25, 0.3) is 0 Å². The highest BCUT2D eigenvalue weighted by atomic mass is 32.1. The van der Waals surface area contributed by atoms with Crippen LogP contribution >= 0.6 is 12.2 Å². The van der Waals surface area contributed by atoms with Crippen molar-refractivity contribution in [2.24, 2.45) is 0 Å². The lowest BCUT2D eigenvalue weighted by atomic mass is 9.97. The van der Waals surface area contributed by atoms with Crippen LogP contribution in [0.4, 0.5) is 5.69 Å². The van der Waals surface area contributed by atoms with Gasteiger partial charge in [0.15, 0.2) is 5.11 Å². The molecule has 2 heterocycles. The fraction of sp³-hybridized carbons (Fsp3) is 0.632. The number of methoxy groups -OCH3 is 2. The summed E-state index contributed by atoms with van der Waals surface area (Å²) in [6, 6.07) is 8.56. The standard InChI is InChI=1S/C19H27N3O2S/c1-23-16-7-8-17(18(11-16)24-2)21-19(25)20-12-9-14-5-6-15(10-12)22(14)13-3-4-13/h7-8,11-15H,3-6,9-10H2,1-2H3,(H2,20,21,25)/t14-,15-/m1/s1. The maximum Gasteiger partial charge on any atom is 0.171 e. The van der Waals surface area contributed by atoms with E-state index in [1.807, 2.05) is 18.2 Å². The molecule has 2 aliphatic heterocycles. The molecular weight excluding hydrogens is 334 g/mol. The molecule has 2 bridgehead atoms. The molecule has 3 fully saturated rings. The first-order valence-corrected chi connectivity index (χ1v) is 9.65. The van der Waals surface area contributed by atoms with E-state index in [2.05, 4.69) is 15.5 Å². The van der Waals surface area contributed by atoms with Gasteiger partial charge in [0.1, 0.15) is 11.5 Å². The number of hydrogen-bond donors (Lipinski definition) is 2. The Morgan fingerprint density at radius 3 is 2.32 bits per heavy atom. The van der Waals surface area contributed by atoms with Crippen molar-refractivity contribution in [1.82, 2.24) is 10.2 Å². The Balaban J connectivity index is 1.35. The molecule has 1 aromatic rings. The normalized spacial score (nSPS) is 28.5. The summed E-state index contributed by atoms with van der Waals surface area (Å²) in [5.41, 5.74) is 0.860. The first-order valence-electron chi connectivity index (χ1n) is 9.25. The molecule has 2 saturated heterocycles. The summed E-state index contributed by atoms with van der Waals surface area (Å²) >= 11 is 5.55. The second-order valence-corrected chi connectivity index (χ2v) is 7.80. The molecule has 3 aliphatic rings. The second kappa shape index (κ2) is 7.00. The number of nitrogens with zero attached hydrogens (tertiary/aromatic N) is 1. The molecular formula is C19H27N3O2S. The molecule has 0 aromatic heterocycles. The molecule has 1 aliphatic carbocycles. The quantitative estimate of drug-likeness (QED) is 0.786. The van der Waals surface area contributed by atoms with Gasteiger partial charge >= 0.3 is 0 Å². The van der Waals surface area contributed by atoms with Crippen LogP contribution in [0.25, 0.3) is 0 Å². The van der Waals surface area contributed by atoms with E-state index in [9.17, 15) is 0 Å². The third-order valence-corrected chi connectivity index (χ3v) is 5.97. The Morgan fingerprint density at radius 1 is 1.04 bits per heavy atom. The number of nitrogens with one attached hydrogen (secondary N) is 2. The molecule has 2 atom stereocenters. The molecule has 25 heavy (non-hydrogen) atoms. The number of ether oxygens (including phenoxy) is 2. The predicted molar refractivity (Wildman–Crippen MR) is 104 cm³/mol. The topological polar surface area (TPSA) is 45.8 Å². The Labute approximate surface area is 155 Å². The highest BCUT2D eigenvalue weighted by Gasteiger charge is 2.46. The summed E-state index contributed by atoms with van der Waals surface area (Å²) in [6.45, 7) is 0. The van der Waals surface area contributed by atoms with Gasteiger partial charge in [0.05, 0.1) is 19.9 Å². The monoisotopic (exact) mass is 361 g/mol. The average Bonchev–Trinajstić information content (AvgIpc) is 3.41. The van der Waals surface area contributed by atoms with Crippen LogP contribution in [-0.4, -0.2) is 48.4 Å². The summed E-state index contributed by atoms with van der Waals surface area (Å²) in [5, 5.41) is 7.49. The van der Waals surface area contributed by atoms with Gasteiger partial charge in [-0.3, -0.25) is 4.90 Å². The van der Waals surface area contributed by atoms with E-state index in [0.29, 0.717) is 11.2 Å². The predicted octanol–water partition coefficient (Wildman–Crippen LogP) is 3.15. The SMILES string of the molecule is COc1ccc(NC(=S)NC2C[C@H]3CC[C@H](C2)N3C2CC2)c(OC)c1. The largest absolute Gasteiger partial charge is 0.497 e. The summed E-state index contributed by atoms with van der Waals surface area (Å²) in [7, 11) is 3.30. The van der Waals surface area contributed by atoms with Crippen molar-refractivity contribution in [3.63, 3.8) is 0 Å². The van der Waals surface area contributed by atoms with Gasteiger partial charge in [-0.25, -0.2) is 0 Å². The van der Waals surface area contributed by atoms with Crippen LogP contribution in [0.2, 0.25) is 0 Å². The number of piperidine rings is 1. The Morgan fingerprint density at radius 2 is 1.72 bits per heavy atom. The molecule has 1 aromatic carbocycles. The molecule has 0 unspecified atom stereocenters. The van der Waals surface area contributed by atoms with Gasteiger partial charge in [0.2, 0.25) is 0 Å². The number of benzene rings is 1. The lowest BCUT2D eigenvalue weighted by Crippen LogP contribution is -2.51. The van der Waals surface area contributed by atoms with E-state index in [4.69, 9.17) is 21.7 Å². The third-order valence-electron chi connectivity index (χ3n) is 5.75. The molecule has 0 amide bonds. The van der Waals surface area contributed by atoms with Gasteiger partial charge < -0.3 is 20.1 Å². The summed E-state index contributed by atoms with van der Waals surface area (Å²) in [4.78, 5) is 2.81. The van der Waals surface area contributed by atoms with Crippen molar-refractivity contribution < 1.29 is 9.47 Å². The summed E-state index contributed by atoms with van der Waals surface area (Å²) in [5.74, 6) is 1.50. The fourth-order valence-electron chi connectivity index (χ4n) is 4.55. The zero-order valence-electron chi connectivity index (χ0n) is 15.0. The van der Waals surface area contributed by atoms with E-state index in [1.54, 1.807) is 14.2 Å². The molecule has 5 nitrogen and oxygen atoms in total. The van der Waals surface area contributed by atoms with Crippen LogP contribution in [0.3, 0.4) is 0 Å². The van der Waals surface area contributed by atoms with Gasteiger partial charge in [-0.15, -0.1) is 0 Å². The van der Waals surface area contributed by atoms with E-state index in [-0.39, 0.29) is 0 Å². The molecule has 0 radical (unpaired) electrons. The van der Waals surface area contributed by atoms with Crippen LogP contribution in [0.15, 0.2) is 18.2 Å². The Hall–Kier alpha value is -1.53. The van der Waals surface area contributed by atoms with Crippen LogP contribution in [0.5, 0.6) is 11.5 Å². The third kappa shape index (κ3) is 3.55. The number of hydrogen-bond acceptors (Lipinski definition) is 4. The average molecular weight is 362 g/mol. The maximum absolute atomic E-state index is 5.55. The maximum atomic E-state index is 5.55. The minimum Gasteiger partial charge on any atom is -0.497 e. The van der Waals surface area contributed by atoms with E-state index >= 15 is 0 Å². The zero-order valence-corrected chi connectivity index (χ0v) is 15.8. The van der Waals surface area contributed by atoms with Gasteiger partial charge in [-0.2, -0.15) is 0 Å². The van der Waals surface area contributed by atoms with Crippen molar-refractivity contribution in [3.8, 4) is 11.5 Å². The zero-order chi connectivity index (χ0) is 17.4. The van der Waals surface area contributed by atoms with Gasteiger partial charge in [-0.1, -0.05) is 0 Å². The lowest BCUT2D eigenvalue weighted by molar-refractivity contribution is 0.114. The minimum absolute atomic E-state index is 0.469. The van der Waals surface area contributed by atoms with Crippen LogP contribution < -0.4 is 20.1 Å². The van der Waals surface area contributed by atoms with Crippen molar-refractivity contribution >= 4 is 23.0 Å². The molecule has 2 N–H and O–H groups in total. The number of fused-ring (bicyclic) bond motifs is 2. The smallest absolute Gasteiger partial charge is 0.171 e. The number of thiocarbonyl (C=S) groups is 1. The van der Waals surface area contributed by atoms with Gasteiger partial charge in [-0.05, 0) is 62.9 Å². The van der Waals surface area contributed by atoms with E-state index in [0.717, 1.165) is 35.3 Å². The van der Waals surface area contributed by atoms with Crippen LogP contribution in [-0.2, 0) is 0 Å². The lowest BCUT2D eigenvalue weighted by Gasteiger charge is -2.39. The second-order valence-electron chi connectivity index (χ2n) is 7.40. The summed E-state index contributed by atoms with van der Waals surface area (Å²) in [6.07, 6.45) is 7.92. The number of anilines is 1. The first kappa shape index (κ1) is 16.9. The molecule has 4 rings (SSSR count). The van der Waals surface area contributed by atoms with Crippen molar-refractivity contribution in [1.29, 1.82) is 0 Å². The first-order chi connectivity index (χ1) is 12.2. The molecule has 0 spiro atoms. The highest BCUT2D eigenvalue weighted by Crippen LogP contribution is 2.43. The van der Waals surface area contributed by atoms with Crippen LogP contribution in [0.1, 0.15) is 38.5 Å².